The molecule has 1 atom stereocenters. The van der Waals surface area contributed by atoms with Gasteiger partial charge in [0.1, 0.15) is 5.92 Å². The molecule has 1 heterocycles. The lowest BCUT2D eigenvalue weighted by Gasteiger charge is -2.16. The predicted octanol–water partition coefficient (Wildman–Crippen LogP) is 2.01. The molecule has 6 nitrogen and oxygen atoms in total. The highest BCUT2D eigenvalue weighted by Crippen LogP contribution is 2.36. The largest absolute Gasteiger partial charge is 0.481 e. The average Bonchev–Trinajstić information content (AvgIpc) is 2.81. The molecule has 110 valence electrons. The molecule has 1 aromatic rings. The van der Waals surface area contributed by atoms with Gasteiger partial charge in [0.25, 0.3) is 0 Å². The number of hydrogen-bond acceptors (Lipinski definition) is 6. The van der Waals surface area contributed by atoms with E-state index in [1.807, 2.05) is 0 Å². The number of aliphatic carboxylic acids is 1. The van der Waals surface area contributed by atoms with Crippen LogP contribution in [0.25, 0.3) is 0 Å². The second-order valence-electron chi connectivity index (χ2n) is 4.59. The standard InChI is InChI=1S/C13H18N2O4S/c1-2-19-10(16)6-7-14-13-15-11-8(12(17)18)4-3-5-9(11)20-13/h8H,2-7H2,1H3,(H,14,15)(H,17,18). The summed E-state index contributed by atoms with van der Waals surface area (Å²) < 4.78 is 4.84. The van der Waals surface area contributed by atoms with Crippen LogP contribution in [0.15, 0.2) is 0 Å². The van der Waals surface area contributed by atoms with E-state index in [4.69, 9.17) is 4.74 Å². The van der Waals surface area contributed by atoms with E-state index >= 15 is 0 Å². The highest BCUT2D eigenvalue weighted by molar-refractivity contribution is 7.15. The van der Waals surface area contributed by atoms with Crippen LogP contribution in [0.1, 0.15) is 42.7 Å². The number of carboxylic acids is 1. The Labute approximate surface area is 121 Å². The maximum absolute atomic E-state index is 11.2. The van der Waals surface area contributed by atoms with E-state index < -0.39 is 11.9 Å². The van der Waals surface area contributed by atoms with Crippen LogP contribution in [0.3, 0.4) is 0 Å². The van der Waals surface area contributed by atoms with Gasteiger partial charge in [-0.2, -0.15) is 0 Å². The molecule has 1 aliphatic carbocycles. The molecule has 0 aromatic carbocycles. The van der Waals surface area contributed by atoms with Crippen molar-refractivity contribution in [3.63, 3.8) is 0 Å². The van der Waals surface area contributed by atoms with Crippen molar-refractivity contribution in [3.05, 3.63) is 10.6 Å². The minimum atomic E-state index is -0.811. The van der Waals surface area contributed by atoms with E-state index in [0.29, 0.717) is 30.4 Å². The average molecular weight is 298 g/mol. The molecule has 2 N–H and O–H groups in total. The summed E-state index contributed by atoms with van der Waals surface area (Å²) in [4.78, 5) is 27.8. The van der Waals surface area contributed by atoms with E-state index in [2.05, 4.69) is 10.3 Å². The van der Waals surface area contributed by atoms with Gasteiger partial charge in [-0.3, -0.25) is 9.59 Å². The lowest BCUT2D eigenvalue weighted by atomic mass is 9.91. The molecule has 0 saturated carbocycles. The number of anilines is 1. The summed E-state index contributed by atoms with van der Waals surface area (Å²) in [6.45, 7) is 2.60. The van der Waals surface area contributed by atoms with Gasteiger partial charge in [0.05, 0.1) is 18.7 Å². The predicted molar refractivity (Wildman–Crippen MR) is 75.2 cm³/mol. The van der Waals surface area contributed by atoms with Crippen LogP contribution in [0.4, 0.5) is 5.13 Å². The van der Waals surface area contributed by atoms with Crippen molar-refractivity contribution in [2.24, 2.45) is 0 Å². The van der Waals surface area contributed by atoms with Crippen molar-refractivity contribution >= 4 is 28.4 Å². The molecule has 1 aliphatic rings. The number of thiazole rings is 1. The molecular formula is C13H18N2O4S. The van der Waals surface area contributed by atoms with Gasteiger partial charge in [-0.1, -0.05) is 0 Å². The molecule has 0 amide bonds. The topological polar surface area (TPSA) is 88.5 Å². The maximum Gasteiger partial charge on any atom is 0.312 e. The number of esters is 1. The van der Waals surface area contributed by atoms with Gasteiger partial charge in [-0.25, -0.2) is 4.98 Å². The number of hydrogen-bond donors (Lipinski definition) is 2. The Kier molecular flexibility index (Phi) is 4.94. The zero-order valence-corrected chi connectivity index (χ0v) is 12.2. The molecular weight excluding hydrogens is 280 g/mol. The van der Waals surface area contributed by atoms with Gasteiger partial charge in [-0.05, 0) is 26.2 Å². The molecule has 2 rings (SSSR count). The van der Waals surface area contributed by atoms with E-state index in [9.17, 15) is 14.7 Å². The Bertz CT molecular complexity index is 501. The van der Waals surface area contributed by atoms with Gasteiger partial charge < -0.3 is 15.2 Å². The fraction of sp³-hybridized carbons (Fsp3) is 0.615. The Morgan fingerprint density at radius 3 is 3.05 bits per heavy atom. The van der Waals surface area contributed by atoms with E-state index in [0.717, 1.165) is 17.7 Å². The Morgan fingerprint density at radius 1 is 1.55 bits per heavy atom. The van der Waals surface area contributed by atoms with Crippen molar-refractivity contribution in [3.8, 4) is 0 Å². The number of ether oxygens (including phenoxy) is 1. The zero-order chi connectivity index (χ0) is 14.5. The summed E-state index contributed by atoms with van der Waals surface area (Å²) in [6.07, 6.45) is 2.69. The molecule has 0 bridgehead atoms. The van der Waals surface area contributed by atoms with Crippen molar-refractivity contribution in [1.82, 2.24) is 4.98 Å². The fourth-order valence-corrected chi connectivity index (χ4v) is 3.33. The summed E-state index contributed by atoms with van der Waals surface area (Å²) in [5, 5.41) is 12.9. The Balaban J connectivity index is 1.94. The smallest absolute Gasteiger partial charge is 0.312 e. The van der Waals surface area contributed by atoms with Crippen LogP contribution in [-0.2, 0) is 20.7 Å². The number of nitrogens with zero attached hydrogens (tertiary/aromatic N) is 1. The third kappa shape index (κ3) is 3.47. The first kappa shape index (κ1) is 14.8. The van der Waals surface area contributed by atoms with Gasteiger partial charge >= 0.3 is 11.9 Å². The summed E-state index contributed by atoms with van der Waals surface area (Å²) in [5.74, 6) is -1.55. The summed E-state index contributed by atoms with van der Waals surface area (Å²) in [6, 6.07) is 0. The van der Waals surface area contributed by atoms with Gasteiger partial charge in [0.15, 0.2) is 5.13 Å². The number of nitrogens with one attached hydrogen (secondary N) is 1. The number of rotatable bonds is 6. The molecule has 0 saturated heterocycles. The van der Waals surface area contributed by atoms with Crippen molar-refractivity contribution in [2.45, 2.75) is 38.5 Å². The molecule has 0 aliphatic heterocycles. The minimum absolute atomic E-state index is 0.246. The number of aryl methyl sites for hydroxylation is 1. The number of carbonyl (C=O) groups is 2. The highest BCUT2D eigenvalue weighted by atomic mass is 32.1. The van der Waals surface area contributed by atoms with Gasteiger partial charge in [0.2, 0.25) is 0 Å². The Morgan fingerprint density at radius 2 is 2.35 bits per heavy atom. The lowest BCUT2D eigenvalue weighted by molar-refractivity contribution is -0.143. The first-order valence-electron chi connectivity index (χ1n) is 6.73. The Hall–Kier alpha value is -1.63. The van der Waals surface area contributed by atoms with Gasteiger partial charge in [-0.15, -0.1) is 11.3 Å². The van der Waals surface area contributed by atoms with E-state index in [1.54, 1.807) is 6.92 Å². The van der Waals surface area contributed by atoms with Crippen molar-refractivity contribution in [2.75, 3.05) is 18.5 Å². The zero-order valence-electron chi connectivity index (χ0n) is 11.3. The van der Waals surface area contributed by atoms with Crippen LogP contribution in [-0.4, -0.2) is 35.2 Å². The second kappa shape index (κ2) is 6.69. The quantitative estimate of drug-likeness (QED) is 0.781. The van der Waals surface area contributed by atoms with Crippen LogP contribution in [0.5, 0.6) is 0 Å². The van der Waals surface area contributed by atoms with E-state index in [1.165, 1.54) is 11.3 Å². The lowest BCUT2D eigenvalue weighted by Crippen LogP contribution is -2.17. The van der Waals surface area contributed by atoms with E-state index in [-0.39, 0.29) is 12.4 Å². The number of carboxylic acid groups (broad SMARTS) is 1. The number of fused-ring (bicyclic) bond motifs is 1. The molecule has 0 radical (unpaired) electrons. The molecule has 1 unspecified atom stereocenters. The van der Waals surface area contributed by atoms with Crippen molar-refractivity contribution < 1.29 is 19.4 Å². The minimum Gasteiger partial charge on any atom is -0.481 e. The van der Waals surface area contributed by atoms with Crippen molar-refractivity contribution in [1.29, 1.82) is 0 Å². The van der Waals surface area contributed by atoms with Crippen LogP contribution >= 0.6 is 11.3 Å². The third-order valence-corrected chi connectivity index (χ3v) is 4.25. The summed E-state index contributed by atoms with van der Waals surface area (Å²) in [7, 11) is 0. The first-order valence-corrected chi connectivity index (χ1v) is 7.55. The summed E-state index contributed by atoms with van der Waals surface area (Å²) in [5.41, 5.74) is 0.687. The number of carbonyl (C=O) groups excluding carboxylic acids is 1. The maximum atomic E-state index is 11.2. The van der Waals surface area contributed by atoms with Crippen LogP contribution in [0.2, 0.25) is 0 Å². The first-order chi connectivity index (χ1) is 9.61. The molecule has 0 fully saturated rings. The highest BCUT2D eigenvalue weighted by Gasteiger charge is 2.29. The number of aromatic nitrogens is 1. The monoisotopic (exact) mass is 298 g/mol. The molecule has 1 aromatic heterocycles. The third-order valence-electron chi connectivity index (χ3n) is 3.16. The molecule has 7 heteroatoms. The van der Waals surface area contributed by atoms with Crippen LogP contribution in [0, 0.1) is 0 Å². The van der Waals surface area contributed by atoms with Crippen LogP contribution < -0.4 is 5.32 Å². The normalized spacial score (nSPS) is 17.4. The molecule has 0 spiro atoms. The SMILES string of the molecule is CCOC(=O)CCNc1nc2c(s1)CCCC2C(=O)O. The molecule has 20 heavy (non-hydrogen) atoms. The summed E-state index contributed by atoms with van der Waals surface area (Å²) >= 11 is 1.48. The fourth-order valence-electron chi connectivity index (χ4n) is 2.24. The van der Waals surface area contributed by atoms with Gasteiger partial charge in [0, 0.05) is 11.4 Å². The second-order valence-corrected chi connectivity index (χ2v) is 5.68.